The number of benzene rings is 1. The van der Waals surface area contributed by atoms with Crippen LogP contribution < -0.4 is 10.9 Å². The van der Waals surface area contributed by atoms with Gasteiger partial charge in [0, 0.05) is 0 Å². The summed E-state index contributed by atoms with van der Waals surface area (Å²) in [4.78, 5) is 11.1. The van der Waals surface area contributed by atoms with Crippen LogP contribution in [0.1, 0.15) is 17.3 Å². The van der Waals surface area contributed by atoms with Gasteiger partial charge in [-0.2, -0.15) is 0 Å². The van der Waals surface area contributed by atoms with Gasteiger partial charge in [0.05, 0.1) is 17.9 Å². The first-order valence-electron chi connectivity index (χ1n) is 4.45. The number of hydrogen-bond donors (Lipinski definition) is 2. The zero-order chi connectivity index (χ0) is 12.3. The van der Waals surface area contributed by atoms with Crippen LogP contribution in [-0.4, -0.2) is 21.0 Å². The van der Waals surface area contributed by atoms with Gasteiger partial charge in [0.1, 0.15) is 4.90 Å². The number of carbonyl (C=O) groups is 1. The van der Waals surface area contributed by atoms with Crippen LogP contribution in [0.2, 0.25) is 0 Å². The third-order valence-corrected chi connectivity index (χ3v) is 2.81. The van der Waals surface area contributed by atoms with Crippen LogP contribution in [0.25, 0.3) is 0 Å². The van der Waals surface area contributed by atoms with E-state index in [1.807, 2.05) is 0 Å². The van der Waals surface area contributed by atoms with Crippen molar-refractivity contribution in [3.8, 4) is 0 Å². The van der Waals surface area contributed by atoms with Gasteiger partial charge < -0.3 is 10.5 Å². The van der Waals surface area contributed by atoms with Crippen LogP contribution >= 0.6 is 0 Å². The minimum atomic E-state index is -3.87. The third-order valence-electron chi connectivity index (χ3n) is 1.83. The van der Waals surface area contributed by atoms with Gasteiger partial charge in [0.2, 0.25) is 10.0 Å². The molecule has 0 saturated carbocycles. The zero-order valence-electron chi connectivity index (χ0n) is 8.64. The van der Waals surface area contributed by atoms with Gasteiger partial charge in [-0.05, 0) is 25.1 Å². The average Bonchev–Trinajstić information content (AvgIpc) is 2.16. The van der Waals surface area contributed by atoms with E-state index in [1.165, 1.54) is 18.2 Å². The predicted octanol–water partition coefficient (Wildman–Crippen LogP) is 0.0929. The van der Waals surface area contributed by atoms with Crippen molar-refractivity contribution in [3.05, 3.63) is 23.8 Å². The van der Waals surface area contributed by atoms with E-state index in [-0.39, 0.29) is 22.8 Å². The normalized spacial score (nSPS) is 11.1. The zero-order valence-corrected chi connectivity index (χ0v) is 9.45. The number of carbonyl (C=O) groups excluding carboxylic acids is 1. The van der Waals surface area contributed by atoms with E-state index in [9.17, 15) is 13.2 Å². The lowest BCUT2D eigenvalue weighted by atomic mass is 10.2. The van der Waals surface area contributed by atoms with Crippen molar-refractivity contribution < 1.29 is 17.9 Å². The highest BCUT2D eigenvalue weighted by atomic mass is 32.2. The number of nitrogens with two attached hydrogens (primary N) is 2. The molecule has 1 aromatic rings. The number of ether oxygens (including phenoxy) is 1. The van der Waals surface area contributed by atoms with Crippen LogP contribution in [0.3, 0.4) is 0 Å². The molecule has 7 heteroatoms. The molecule has 0 aliphatic rings. The SMILES string of the molecule is CCOC(=O)c1ccc(S(N)(=O)=O)c(N)c1. The average molecular weight is 244 g/mol. The molecular weight excluding hydrogens is 232 g/mol. The summed E-state index contributed by atoms with van der Waals surface area (Å²) < 4.78 is 26.8. The van der Waals surface area contributed by atoms with Crippen LogP contribution in [-0.2, 0) is 14.8 Å². The number of rotatable bonds is 3. The monoisotopic (exact) mass is 244 g/mol. The van der Waals surface area contributed by atoms with Crippen molar-refractivity contribution in [3.63, 3.8) is 0 Å². The Bertz CT molecular complexity index is 510. The molecule has 6 nitrogen and oxygen atoms in total. The molecule has 0 heterocycles. The Balaban J connectivity index is 3.14. The van der Waals surface area contributed by atoms with E-state index >= 15 is 0 Å². The van der Waals surface area contributed by atoms with Gasteiger partial charge in [-0.25, -0.2) is 18.4 Å². The third kappa shape index (κ3) is 2.71. The maximum Gasteiger partial charge on any atom is 0.338 e. The van der Waals surface area contributed by atoms with Gasteiger partial charge in [-0.15, -0.1) is 0 Å². The lowest BCUT2D eigenvalue weighted by molar-refractivity contribution is 0.0526. The van der Waals surface area contributed by atoms with Crippen molar-refractivity contribution in [2.24, 2.45) is 5.14 Å². The van der Waals surface area contributed by atoms with Crippen LogP contribution in [0.5, 0.6) is 0 Å². The second-order valence-electron chi connectivity index (χ2n) is 3.02. The maximum atomic E-state index is 11.3. The maximum absolute atomic E-state index is 11.3. The summed E-state index contributed by atoms with van der Waals surface area (Å²) in [6.45, 7) is 1.90. The molecule has 1 aromatic carbocycles. The Labute approximate surface area is 93.2 Å². The number of primary sulfonamides is 1. The molecule has 0 amide bonds. The standard InChI is InChI=1S/C9H12N2O4S/c1-2-15-9(12)6-3-4-8(7(10)5-6)16(11,13)14/h3-5H,2,10H2,1H3,(H2,11,13,14). The molecule has 0 spiro atoms. The molecule has 0 unspecified atom stereocenters. The highest BCUT2D eigenvalue weighted by Gasteiger charge is 2.15. The fourth-order valence-electron chi connectivity index (χ4n) is 1.15. The van der Waals surface area contributed by atoms with Gasteiger partial charge in [0.25, 0.3) is 0 Å². The first kappa shape index (κ1) is 12.5. The van der Waals surface area contributed by atoms with Crippen molar-refractivity contribution in [1.29, 1.82) is 0 Å². The molecule has 0 radical (unpaired) electrons. The topological polar surface area (TPSA) is 112 Å². The summed E-state index contributed by atoms with van der Waals surface area (Å²) >= 11 is 0. The van der Waals surface area contributed by atoms with Gasteiger partial charge in [-0.3, -0.25) is 0 Å². The first-order valence-corrected chi connectivity index (χ1v) is 6.00. The summed E-state index contributed by atoms with van der Waals surface area (Å²) in [6, 6.07) is 3.70. The second-order valence-corrected chi connectivity index (χ2v) is 4.55. The molecule has 1 rings (SSSR count). The number of hydrogen-bond acceptors (Lipinski definition) is 5. The van der Waals surface area contributed by atoms with Gasteiger partial charge >= 0.3 is 5.97 Å². The molecule has 0 bridgehead atoms. The number of sulfonamides is 1. The van der Waals surface area contributed by atoms with Crippen molar-refractivity contribution in [2.45, 2.75) is 11.8 Å². The second kappa shape index (κ2) is 4.50. The van der Waals surface area contributed by atoms with Crippen LogP contribution in [0, 0.1) is 0 Å². The Morgan fingerprint density at radius 1 is 1.44 bits per heavy atom. The Morgan fingerprint density at radius 3 is 2.50 bits per heavy atom. The molecule has 0 saturated heterocycles. The summed E-state index contributed by atoms with van der Waals surface area (Å²) in [5.41, 5.74) is 5.59. The fourth-order valence-corrected chi connectivity index (χ4v) is 1.79. The Morgan fingerprint density at radius 2 is 2.06 bits per heavy atom. The van der Waals surface area contributed by atoms with Gasteiger partial charge in [0.15, 0.2) is 0 Å². The van der Waals surface area contributed by atoms with E-state index in [2.05, 4.69) is 0 Å². The van der Waals surface area contributed by atoms with Crippen LogP contribution in [0.4, 0.5) is 5.69 Å². The van der Waals surface area contributed by atoms with E-state index in [4.69, 9.17) is 15.6 Å². The summed E-state index contributed by atoms with van der Waals surface area (Å²) in [7, 11) is -3.87. The Kier molecular flexibility index (Phi) is 3.51. The summed E-state index contributed by atoms with van der Waals surface area (Å²) in [5, 5.41) is 4.92. The molecule has 88 valence electrons. The number of anilines is 1. The quantitative estimate of drug-likeness (QED) is 0.578. The molecule has 0 aliphatic carbocycles. The first-order chi connectivity index (χ1) is 7.36. The molecule has 0 fully saturated rings. The number of esters is 1. The minimum Gasteiger partial charge on any atom is -0.462 e. The lowest BCUT2D eigenvalue weighted by Crippen LogP contribution is -2.15. The molecule has 0 aliphatic heterocycles. The highest BCUT2D eigenvalue weighted by molar-refractivity contribution is 7.89. The fraction of sp³-hybridized carbons (Fsp3) is 0.222. The van der Waals surface area contributed by atoms with E-state index in [1.54, 1.807) is 6.92 Å². The minimum absolute atomic E-state index is 0.0759. The van der Waals surface area contributed by atoms with Crippen molar-refractivity contribution >= 4 is 21.7 Å². The molecule has 0 atom stereocenters. The Hall–Kier alpha value is -1.60. The summed E-state index contributed by atoms with van der Waals surface area (Å²) in [6.07, 6.45) is 0. The predicted molar refractivity (Wildman–Crippen MR) is 58.2 cm³/mol. The smallest absolute Gasteiger partial charge is 0.338 e. The highest BCUT2D eigenvalue weighted by Crippen LogP contribution is 2.18. The molecular formula is C9H12N2O4S. The van der Waals surface area contributed by atoms with E-state index in [0.717, 1.165) is 0 Å². The molecule has 4 N–H and O–H groups in total. The summed E-state index contributed by atoms with van der Waals surface area (Å²) in [5.74, 6) is -0.560. The van der Waals surface area contributed by atoms with Crippen molar-refractivity contribution in [1.82, 2.24) is 0 Å². The largest absolute Gasteiger partial charge is 0.462 e. The molecule has 16 heavy (non-hydrogen) atoms. The van der Waals surface area contributed by atoms with E-state index < -0.39 is 16.0 Å². The van der Waals surface area contributed by atoms with E-state index in [0.29, 0.717) is 0 Å². The lowest BCUT2D eigenvalue weighted by Gasteiger charge is -2.06. The van der Waals surface area contributed by atoms with Crippen molar-refractivity contribution in [2.75, 3.05) is 12.3 Å². The number of nitrogen functional groups attached to an aromatic ring is 1. The molecule has 0 aromatic heterocycles. The van der Waals surface area contributed by atoms with Crippen LogP contribution in [0.15, 0.2) is 23.1 Å². The van der Waals surface area contributed by atoms with Gasteiger partial charge in [-0.1, -0.05) is 0 Å².